The van der Waals surface area contributed by atoms with Gasteiger partial charge in [-0.1, -0.05) is 12.1 Å². The van der Waals surface area contributed by atoms with Crippen molar-refractivity contribution in [2.75, 3.05) is 12.4 Å². The number of carbonyl (C=O) groups excluding carboxylic acids is 2. The number of anilines is 1. The van der Waals surface area contributed by atoms with E-state index in [-0.39, 0.29) is 23.6 Å². The van der Waals surface area contributed by atoms with Gasteiger partial charge in [-0.15, -0.1) is 11.3 Å². The van der Waals surface area contributed by atoms with Crippen LogP contribution in [0, 0.1) is 10.1 Å². The molecule has 1 amide bonds. The van der Waals surface area contributed by atoms with Crippen molar-refractivity contribution >= 4 is 33.9 Å². The molecule has 1 N–H and O–H groups in total. The van der Waals surface area contributed by atoms with Crippen LogP contribution in [0.5, 0.6) is 0 Å². The quantitative estimate of drug-likeness (QED) is 0.386. The number of nitrogens with one attached hydrogen (secondary N) is 1. The van der Waals surface area contributed by atoms with Gasteiger partial charge in [-0.2, -0.15) is 0 Å². The second-order valence-corrected chi connectivity index (χ2v) is 6.61. The Morgan fingerprint density at radius 1 is 1.18 bits per heavy atom. The maximum atomic E-state index is 12.4. The number of thiophene rings is 1. The zero-order chi connectivity index (χ0) is 20.1. The van der Waals surface area contributed by atoms with Gasteiger partial charge in [-0.25, -0.2) is 4.79 Å². The molecule has 2 heterocycles. The van der Waals surface area contributed by atoms with E-state index in [0.717, 1.165) is 5.56 Å². The largest absolute Gasteiger partial charge is 0.465 e. The van der Waals surface area contributed by atoms with E-state index in [4.69, 9.17) is 4.74 Å². The number of ether oxygens (including phenoxy) is 1. The SMILES string of the molecule is COC(=O)c1c(-c2ccncc2)csc1NC(=O)Cc1ccc([N+](=O)[O-])cc1. The van der Waals surface area contributed by atoms with Crippen LogP contribution in [0.2, 0.25) is 0 Å². The predicted octanol–water partition coefficient (Wildman–Crippen LogP) is 3.69. The monoisotopic (exact) mass is 397 g/mol. The third-order valence-corrected chi connectivity index (χ3v) is 4.83. The Kier molecular flexibility index (Phi) is 5.75. The number of nitro benzene ring substituents is 1. The molecular formula is C19H15N3O5S. The van der Waals surface area contributed by atoms with Crippen molar-refractivity contribution in [1.29, 1.82) is 0 Å². The van der Waals surface area contributed by atoms with E-state index in [9.17, 15) is 19.7 Å². The first-order valence-electron chi connectivity index (χ1n) is 8.13. The molecule has 0 spiro atoms. The minimum absolute atomic E-state index is 0.0150. The Morgan fingerprint density at radius 2 is 1.86 bits per heavy atom. The maximum absolute atomic E-state index is 12.4. The van der Waals surface area contributed by atoms with E-state index >= 15 is 0 Å². The lowest BCUT2D eigenvalue weighted by Gasteiger charge is -2.08. The van der Waals surface area contributed by atoms with Crippen molar-refractivity contribution < 1.29 is 19.2 Å². The molecule has 9 heteroatoms. The van der Waals surface area contributed by atoms with Crippen LogP contribution in [0.1, 0.15) is 15.9 Å². The number of esters is 1. The normalized spacial score (nSPS) is 10.3. The van der Waals surface area contributed by atoms with E-state index < -0.39 is 10.9 Å². The third kappa shape index (κ3) is 4.21. The Morgan fingerprint density at radius 3 is 2.46 bits per heavy atom. The van der Waals surface area contributed by atoms with Crippen molar-refractivity contribution in [3.63, 3.8) is 0 Å². The summed E-state index contributed by atoms with van der Waals surface area (Å²) in [4.78, 5) is 38.9. The summed E-state index contributed by atoms with van der Waals surface area (Å²) in [5, 5.41) is 15.6. The van der Waals surface area contributed by atoms with E-state index in [1.807, 2.05) is 0 Å². The van der Waals surface area contributed by atoms with Gasteiger partial charge in [0.05, 0.1) is 18.5 Å². The summed E-state index contributed by atoms with van der Waals surface area (Å²) in [6, 6.07) is 9.25. The highest BCUT2D eigenvalue weighted by Crippen LogP contribution is 2.36. The fraction of sp³-hybridized carbons (Fsp3) is 0.105. The van der Waals surface area contributed by atoms with Crippen LogP contribution in [-0.4, -0.2) is 28.9 Å². The van der Waals surface area contributed by atoms with Crippen LogP contribution in [0.25, 0.3) is 11.1 Å². The number of nitro groups is 1. The van der Waals surface area contributed by atoms with Crippen LogP contribution in [-0.2, 0) is 16.0 Å². The molecule has 0 aliphatic rings. The Labute approximate surface area is 164 Å². The molecular weight excluding hydrogens is 382 g/mol. The molecule has 8 nitrogen and oxygen atoms in total. The minimum Gasteiger partial charge on any atom is -0.465 e. The first kappa shape index (κ1) is 19.2. The molecule has 0 saturated heterocycles. The van der Waals surface area contributed by atoms with Crippen LogP contribution in [0.4, 0.5) is 10.7 Å². The van der Waals surface area contributed by atoms with Gasteiger partial charge in [0, 0.05) is 35.5 Å². The average molecular weight is 397 g/mol. The van der Waals surface area contributed by atoms with E-state index in [1.165, 1.54) is 42.7 Å². The topological polar surface area (TPSA) is 111 Å². The van der Waals surface area contributed by atoms with E-state index in [1.54, 1.807) is 29.9 Å². The number of rotatable bonds is 6. The summed E-state index contributed by atoms with van der Waals surface area (Å²) < 4.78 is 4.87. The zero-order valence-corrected chi connectivity index (χ0v) is 15.6. The summed E-state index contributed by atoms with van der Waals surface area (Å²) in [7, 11) is 1.28. The highest BCUT2D eigenvalue weighted by atomic mass is 32.1. The summed E-state index contributed by atoms with van der Waals surface area (Å²) >= 11 is 1.22. The van der Waals surface area contributed by atoms with Gasteiger partial charge in [0.2, 0.25) is 5.91 Å². The lowest BCUT2D eigenvalue weighted by molar-refractivity contribution is -0.384. The van der Waals surface area contributed by atoms with Gasteiger partial charge < -0.3 is 10.1 Å². The third-order valence-electron chi connectivity index (χ3n) is 3.94. The van der Waals surface area contributed by atoms with Crippen LogP contribution in [0.3, 0.4) is 0 Å². The van der Waals surface area contributed by atoms with Gasteiger partial charge in [0.1, 0.15) is 10.6 Å². The first-order valence-corrected chi connectivity index (χ1v) is 9.01. The highest BCUT2D eigenvalue weighted by molar-refractivity contribution is 7.15. The standard InChI is InChI=1S/C19H15N3O5S/c1-27-19(24)17-15(13-6-8-20-9-7-13)11-28-18(17)21-16(23)10-12-2-4-14(5-3-12)22(25)26/h2-9,11H,10H2,1H3,(H,21,23). The Hall–Kier alpha value is -3.59. The molecule has 1 aromatic carbocycles. The molecule has 0 fully saturated rings. The van der Waals surface area contributed by atoms with E-state index in [2.05, 4.69) is 10.3 Å². The number of hydrogen-bond donors (Lipinski definition) is 1. The van der Waals surface area contributed by atoms with Gasteiger partial charge in [-0.3, -0.25) is 19.9 Å². The molecule has 0 radical (unpaired) electrons. The van der Waals surface area contributed by atoms with Crippen LogP contribution >= 0.6 is 11.3 Å². The van der Waals surface area contributed by atoms with Crippen LogP contribution < -0.4 is 5.32 Å². The number of carbonyl (C=O) groups is 2. The van der Waals surface area contributed by atoms with Crippen molar-refractivity contribution in [2.24, 2.45) is 0 Å². The summed E-state index contributed by atoms with van der Waals surface area (Å²) in [6.07, 6.45) is 3.24. The predicted molar refractivity (Wildman–Crippen MR) is 104 cm³/mol. The molecule has 0 saturated carbocycles. The Balaban J connectivity index is 1.81. The lowest BCUT2D eigenvalue weighted by Crippen LogP contribution is -2.16. The zero-order valence-electron chi connectivity index (χ0n) is 14.7. The van der Waals surface area contributed by atoms with Crippen molar-refractivity contribution in [3.05, 3.63) is 75.4 Å². The highest BCUT2D eigenvalue weighted by Gasteiger charge is 2.22. The minimum atomic E-state index is -0.557. The van der Waals surface area contributed by atoms with Crippen molar-refractivity contribution in [3.8, 4) is 11.1 Å². The van der Waals surface area contributed by atoms with Gasteiger partial charge in [0.15, 0.2) is 0 Å². The maximum Gasteiger partial charge on any atom is 0.341 e. The summed E-state index contributed by atoms with van der Waals surface area (Å²) in [5.74, 6) is -0.902. The van der Waals surface area contributed by atoms with Gasteiger partial charge in [-0.05, 0) is 23.3 Å². The molecule has 28 heavy (non-hydrogen) atoms. The van der Waals surface area contributed by atoms with Gasteiger partial charge in [0.25, 0.3) is 5.69 Å². The molecule has 3 aromatic rings. The number of hydrogen-bond acceptors (Lipinski definition) is 7. The molecule has 0 atom stereocenters. The molecule has 2 aromatic heterocycles. The van der Waals surface area contributed by atoms with E-state index in [0.29, 0.717) is 16.1 Å². The van der Waals surface area contributed by atoms with Gasteiger partial charge >= 0.3 is 5.97 Å². The molecule has 0 aliphatic heterocycles. The fourth-order valence-corrected chi connectivity index (χ4v) is 3.56. The summed E-state index contributed by atoms with van der Waals surface area (Å²) in [5.41, 5.74) is 2.27. The number of aromatic nitrogens is 1. The number of benzene rings is 1. The summed E-state index contributed by atoms with van der Waals surface area (Å²) in [6.45, 7) is 0. The Bertz CT molecular complexity index is 1020. The second-order valence-electron chi connectivity index (χ2n) is 5.73. The first-order chi connectivity index (χ1) is 13.5. The molecule has 142 valence electrons. The van der Waals surface area contributed by atoms with Crippen molar-refractivity contribution in [1.82, 2.24) is 4.98 Å². The molecule has 0 bridgehead atoms. The fourth-order valence-electron chi connectivity index (χ4n) is 2.59. The molecule has 0 aliphatic carbocycles. The number of nitrogens with zero attached hydrogens (tertiary/aromatic N) is 2. The van der Waals surface area contributed by atoms with Crippen molar-refractivity contribution in [2.45, 2.75) is 6.42 Å². The molecule has 3 rings (SSSR count). The average Bonchev–Trinajstić information content (AvgIpc) is 3.11. The number of pyridine rings is 1. The smallest absolute Gasteiger partial charge is 0.341 e. The second kappa shape index (κ2) is 8.40. The van der Waals surface area contributed by atoms with Crippen LogP contribution in [0.15, 0.2) is 54.2 Å². The number of methoxy groups -OCH3 is 1. The number of non-ortho nitro benzene ring substituents is 1. The molecule has 0 unspecified atom stereocenters. The number of amides is 1. The lowest BCUT2D eigenvalue weighted by atomic mass is 10.1.